The topological polar surface area (TPSA) is 29.5 Å². The first kappa shape index (κ1) is 8.70. The largest absolute Gasteiger partial charge is 0.506 e. The van der Waals surface area contributed by atoms with Crippen LogP contribution in [0.4, 0.5) is 0 Å². The van der Waals surface area contributed by atoms with Crippen LogP contribution in [0.15, 0.2) is 18.2 Å². The first-order valence-electron chi connectivity index (χ1n) is 4.37. The molecule has 0 unspecified atom stereocenters. The van der Waals surface area contributed by atoms with Crippen LogP contribution in [0, 0.1) is 5.92 Å². The van der Waals surface area contributed by atoms with Crippen molar-refractivity contribution in [1.82, 2.24) is 0 Å². The average Bonchev–Trinajstić information content (AvgIpc) is 2.91. The van der Waals surface area contributed by atoms with Gasteiger partial charge in [0.25, 0.3) is 0 Å². The molecule has 0 radical (unpaired) electrons. The minimum Gasteiger partial charge on any atom is -0.506 e. The van der Waals surface area contributed by atoms with Crippen LogP contribution in [0.1, 0.15) is 12.8 Å². The third-order valence-corrected chi connectivity index (χ3v) is 2.40. The molecule has 0 heterocycles. The van der Waals surface area contributed by atoms with Gasteiger partial charge in [0.05, 0.1) is 11.6 Å². The second-order valence-electron chi connectivity index (χ2n) is 3.37. The van der Waals surface area contributed by atoms with E-state index in [0.717, 1.165) is 18.3 Å². The first-order valence-corrected chi connectivity index (χ1v) is 4.75. The molecule has 2 nitrogen and oxygen atoms in total. The van der Waals surface area contributed by atoms with Gasteiger partial charge < -0.3 is 9.84 Å². The molecule has 0 bridgehead atoms. The zero-order chi connectivity index (χ0) is 9.26. The van der Waals surface area contributed by atoms with Crippen LogP contribution in [0.25, 0.3) is 0 Å². The highest BCUT2D eigenvalue weighted by molar-refractivity contribution is 6.32. The lowest BCUT2D eigenvalue weighted by molar-refractivity contribution is 0.299. The van der Waals surface area contributed by atoms with E-state index in [4.69, 9.17) is 21.4 Å². The second-order valence-corrected chi connectivity index (χ2v) is 3.77. The molecule has 1 aliphatic rings. The van der Waals surface area contributed by atoms with Gasteiger partial charge in [-0.1, -0.05) is 11.6 Å². The van der Waals surface area contributed by atoms with Crippen LogP contribution in [0.5, 0.6) is 11.5 Å². The summed E-state index contributed by atoms with van der Waals surface area (Å²) in [5.74, 6) is 1.56. The zero-order valence-corrected chi connectivity index (χ0v) is 7.92. The third-order valence-electron chi connectivity index (χ3n) is 2.10. The monoisotopic (exact) mass is 198 g/mol. The Hall–Kier alpha value is -0.890. The van der Waals surface area contributed by atoms with E-state index < -0.39 is 0 Å². The van der Waals surface area contributed by atoms with E-state index in [1.807, 2.05) is 0 Å². The minimum absolute atomic E-state index is 0.0976. The number of rotatable bonds is 3. The van der Waals surface area contributed by atoms with Crippen molar-refractivity contribution in [2.24, 2.45) is 5.92 Å². The van der Waals surface area contributed by atoms with Gasteiger partial charge >= 0.3 is 0 Å². The molecule has 0 atom stereocenters. The number of ether oxygens (including phenoxy) is 1. The number of halogens is 1. The van der Waals surface area contributed by atoms with E-state index >= 15 is 0 Å². The van der Waals surface area contributed by atoms with Crippen LogP contribution >= 0.6 is 11.6 Å². The summed E-state index contributed by atoms with van der Waals surface area (Å²) >= 11 is 5.71. The van der Waals surface area contributed by atoms with Gasteiger partial charge in [-0.15, -0.1) is 0 Å². The standard InChI is InChI=1S/C10H11ClO2/c11-9-5-8(3-4-10(9)12)13-6-7-1-2-7/h3-5,7,12H,1-2,6H2. The highest BCUT2D eigenvalue weighted by Gasteiger charge is 2.21. The molecule has 13 heavy (non-hydrogen) atoms. The number of benzene rings is 1. The van der Waals surface area contributed by atoms with Gasteiger partial charge in [-0.2, -0.15) is 0 Å². The van der Waals surface area contributed by atoms with E-state index in [1.165, 1.54) is 12.8 Å². The lowest BCUT2D eigenvalue weighted by Gasteiger charge is -2.05. The van der Waals surface area contributed by atoms with Crippen molar-refractivity contribution in [3.05, 3.63) is 23.2 Å². The fourth-order valence-corrected chi connectivity index (χ4v) is 1.25. The summed E-state index contributed by atoms with van der Waals surface area (Å²) in [5.41, 5.74) is 0. The summed E-state index contributed by atoms with van der Waals surface area (Å²) in [6, 6.07) is 4.91. The number of hydrogen-bond acceptors (Lipinski definition) is 2. The molecule has 0 aromatic heterocycles. The lowest BCUT2D eigenvalue weighted by Crippen LogP contribution is -1.98. The van der Waals surface area contributed by atoms with Gasteiger partial charge in [0.2, 0.25) is 0 Å². The molecule has 1 aromatic rings. The fourth-order valence-electron chi connectivity index (χ4n) is 1.08. The Morgan fingerprint density at radius 1 is 1.46 bits per heavy atom. The predicted molar refractivity (Wildman–Crippen MR) is 51.3 cm³/mol. The van der Waals surface area contributed by atoms with Gasteiger partial charge in [-0.25, -0.2) is 0 Å². The van der Waals surface area contributed by atoms with Crippen LogP contribution < -0.4 is 4.74 Å². The van der Waals surface area contributed by atoms with Gasteiger partial charge in [-0.05, 0) is 30.9 Å². The maximum absolute atomic E-state index is 9.15. The van der Waals surface area contributed by atoms with Crippen molar-refractivity contribution in [3.8, 4) is 11.5 Å². The van der Waals surface area contributed by atoms with Crippen LogP contribution in [-0.2, 0) is 0 Å². The lowest BCUT2D eigenvalue weighted by atomic mass is 10.3. The van der Waals surface area contributed by atoms with Crippen molar-refractivity contribution in [1.29, 1.82) is 0 Å². The molecule has 1 aliphatic carbocycles. The zero-order valence-electron chi connectivity index (χ0n) is 7.16. The summed E-state index contributed by atoms with van der Waals surface area (Å²) in [6.45, 7) is 0.765. The van der Waals surface area contributed by atoms with Gasteiger partial charge in [-0.3, -0.25) is 0 Å². The van der Waals surface area contributed by atoms with Crippen molar-refractivity contribution in [3.63, 3.8) is 0 Å². The Labute approximate surface area is 82.1 Å². The van der Waals surface area contributed by atoms with Crippen LogP contribution in [-0.4, -0.2) is 11.7 Å². The molecular formula is C10H11ClO2. The molecule has 2 rings (SSSR count). The molecule has 0 amide bonds. The molecule has 1 fully saturated rings. The Morgan fingerprint density at radius 2 is 2.23 bits per heavy atom. The molecule has 1 aromatic carbocycles. The fraction of sp³-hybridized carbons (Fsp3) is 0.400. The maximum Gasteiger partial charge on any atom is 0.134 e. The Balaban J connectivity index is 1.98. The molecule has 0 saturated heterocycles. The second kappa shape index (κ2) is 3.46. The quantitative estimate of drug-likeness (QED) is 0.810. The molecule has 0 spiro atoms. The van der Waals surface area contributed by atoms with Crippen molar-refractivity contribution >= 4 is 11.6 Å². The van der Waals surface area contributed by atoms with E-state index in [9.17, 15) is 0 Å². The van der Waals surface area contributed by atoms with Crippen molar-refractivity contribution < 1.29 is 9.84 Å². The number of hydrogen-bond donors (Lipinski definition) is 1. The number of phenols is 1. The highest BCUT2D eigenvalue weighted by Crippen LogP contribution is 2.31. The van der Waals surface area contributed by atoms with Gasteiger partial charge in [0, 0.05) is 6.07 Å². The van der Waals surface area contributed by atoms with E-state index in [0.29, 0.717) is 5.02 Å². The van der Waals surface area contributed by atoms with Crippen molar-refractivity contribution in [2.75, 3.05) is 6.61 Å². The summed E-state index contributed by atoms with van der Waals surface area (Å²) < 4.78 is 5.47. The van der Waals surface area contributed by atoms with E-state index in [-0.39, 0.29) is 5.75 Å². The maximum atomic E-state index is 9.15. The normalized spacial score (nSPS) is 15.8. The summed E-state index contributed by atoms with van der Waals surface area (Å²) in [4.78, 5) is 0. The Morgan fingerprint density at radius 3 is 2.85 bits per heavy atom. The smallest absolute Gasteiger partial charge is 0.134 e. The first-order chi connectivity index (χ1) is 6.25. The summed E-state index contributed by atoms with van der Waals surface area (Å²) in [7, 11) is 0. The SMILES string of the molecule is Oc1ccc(OCC2CC2)cc1Cl. The van der Waals surface area contributed by atoms with E-state index in [1.54, 1.807) is 18.2 Å². The summed E-state index contributed by atoms with van der Waals surface area (Å²) in [6.07, 6.45) is 2.54. The third kappa shape index (κ3) is 2.28. The summed E-state index contributed by atoms with van der Waals surface area (Å²) in [5, 5.41) is 9.49. The van der Waals surface area contributed by atoms with Crippen LogP contribution in [0.2, 0.25) is 5.02 Å². The molecule has 70 valence electrons. The highest BCUT2D eigenvalue weighted by atomic mass is 35.5. The van der Waals surface area contributed by atoms with Crippen LogP contribution in [0.3, 0.4) is 0 Å². The predicted octanol–water partition coefficient (Wildman–Crippen LogP) is 2.83. The molecule has 1 N–H and O–H groups in total. The van der Waals surface area contributed by atoms with Crippen molar-refractivity contribution in [2.45, 2.75) is 12.8 Å². The van der Waals surface area contributed by atoms with Gasteiger partial charge in [0.1, 0.15) is 11.5 Å². The molecule has 0 aliphatic heterocycles. The Bertz CT molecular complexity index is 308. The number of phenolic OH excluding ortho intramolecular Hbond substituents is 1. The minimum atomic E-state index is 0.0976. The molecule has 3 heteroatoms. The Kier molecular flexibility index (Phi) is 2.32. The number of aromatic hydroxyl groups is 1. The van der Waals surface area contributed by atoms with E-state index in [2.05, 4.69) is 0 Å². The van der Waals surface area contributed by atoms with Gasteiger partial charge in [0.15, 0.2) is 0 Å². The average molecular weight is 199 g/mol. The molecule has 1 saturated carbocycles. The molecular weight excluding hydrogens is 188 g/mol.